The Hall–Kier alpha value is -3.22. The van der Waals surface area contributed by atoms with E-state index in [4.69, 9.17) is 9.47 Å². The molecular weight excluding hydrogens is 358 g/mol. The van der Waals surface area contributed by atoms with Gasteiger partial charge in [0.2, 0.25) is 0 Å². The molecule has 7 heteroatoms. The van der Waals surface area contributed by atoms with Crippen molar-refractivity contribution in [3.8, 4) is 5.75 Å². The van der Waals surface area contributed by atoms with Gasteiger partial charge in [-0.15, -0.1) is 0 Å². The van der Waals surface area contributed by atoms with Crippen molar-refractivity contribution in [3.63, 3.8) is 0 Å². The summed E-state index contributed by atoms with van der Waals surface area (Å²) in [5, 5.41) is 2.95. The maximum atomic E-state index is 12.5. The Morgan fingerprint density at radius 2 is 1.64 bits per heavy atom. The smallest absolute Gasteiger partial charge is 0.339 e. The van der Waals surface area contributed by atoms with E-state index in [1.165, 1.54) is 7.11 Å². The highest BCUT2D eigenvalue weighted by molar-refractivity contribution is 5.95. The van der Waals surface area contributed by atoms with Crippen LogP contribution in [0.1, 0.15) is 15.9 Å². The lowest BCUT2D eigenvalue weighted by molar-refractivity contribution is 0.0601. The number of hydrogen-bond acceptors (Lipinski definition) is 5. The molecule has 0 saturated carbocycles. The third kappa shape index (κ3) is 4.36. The van der Waals surface area contributed by atoms with Gasteiger partial charge in [0.05, 0.1) is 25.5 Å². The van der Waals surface area contributed by atoms with Crippen molar-refractivity contribution in [3.05, 3.63) is 59.7 Å². The highest BCUT2D eigenvalue weighted by Crippen LogP contribution is 2.23. The van der Waals surface area contributed by atoms with E-state index in [-0.39, 0.29) is 12.0 Å². The van der Waals surface area contributed by atoms with E-state index < -0.39 is 0 Å². The lowest BCUT2D eigenvalue weighted by Crippen LogP contribution is -2.52. The molecule has 1 N–H and O–H groups in total. The third-order valence-corrected chi connectivity index (χ3v) is 4.84. The van der Waals surface area contributed by atoms with Crippen LogP contribution in [0.5, 0.6) is 5.75 Å². The fraction of sp³-hybridized carbons (Fsp3) is 0.333. The van der Waals surface area contributed by atoms with Crippen LogP contribution in [0.4, 0.5) is 10.5 Å². The highest BCUT2D eigenvalue weighted by atomic mass is 16.5. The van der Waals surface area contributed by atoms with Gasteiger partial charge in [-0.25, -0.2) is 9.59 Å². The molecule has 148 valence electrons. The van der Waals surface area contributed by atoms with E-state index in [9.17, 15) is 9.59 Å². The zero-order valence-corrected chi connectivity index (χ0v) is 16.2. The van der Waals surface area contributed by atoms with Crippen molar-refractivity contribution in [2.45, 2.75) is 6.54 Å². The van der Waals surface area contributed by atoms with Crippen molar-refractivity contribution < 1.29 is 19.1 Å². The molecule has 0 atom stereocenters. The Kier molecular flexibility index (Phi) is 6.37. The lowest BCUT2D eigenvalue weighted by atomic mass is 10.1. The molecule has 1 aliphatic heterocycles. The van der Waals surface area contributed by atoms with Crippen LogP contribution in [0.3, 0.4) is 0 Å². The average Bonchev–Trinajstić information content (AvgIpc) is 2.77. The van der Waals surface area contributed by atoms with Crippen molar-refractivity contribution in [2.24, 2.45) is 0 Å². The molecular formula is C21H25N3O4. The summed E-state index contributed by atoms with van der Waals surface area (Å²) in [5.41, 5.74) is 2.31. The van der Waals surface area contributed by atoms with Gasteiger partial charge in [-0.1, -0.05) is 30.3 Å². The molecule has 2 aromatic carbocycles. The lowest BCUT2D eigenvalue weighted by Gasteiger charge is -2.36. The van der Waals surface area contributed by atoms with Gasteiger partial charge in [-0.05, 0) is 18.2 Å². The molecule has 0 spiro atoms. The topological polar surface area (TPSA) is 71.1 Å². The number of urea groups is 1. The van der Waals surface area contributed by atoms with Crippen molar-refractivity contribution in [1.29, 1.82) is 0 Å². The van der Waals surface area contributed by atoms with Gasteiger partial charge in [0.1, 0.15) is 5.75 Å². The third-order valence-electron chi connectivity index (χ3n) is 4.84. The van der Waals surface area contributed by atoms with Crippen LogP contribution in [-0.2, 0) is 11.3 Å². The van der Waals surface area contributed by atoms with Gasteiger partial charge >= 0.3 is 12.0 Å². The maximum Gasteiger partial charge on any atom is 0.339 e. The minimum atomic E-state index is -0.354. The highest BCUT2D eigenvalue weighted by Gasteiger charge is 2.24. The zero-order chi connectivity index (χ0) is 19.9. The fourth-order valence-corrected chi connectivity index (χ4v) is 3.31. The number of anilines is 1. The minimum absolute atomic E-state index is 0.105. The van der Waals surface area contributed by atoms with Gasteiger partial charge in [-0.3, -0.25) is 0 Å². The van der Waals surface area contributed by atoms with E-state index in [1.54, 1.807) is 18.1 Å². The Balaban J connectivity index is 1.57. The molecule has 28 heavy (non-hydrogen) atoms. The van der Waals surface area contributed by atoms with Gasteiger partial charge in [-0.2, -0.15) is 0 Å². The zero-order valence-electron chi connectivity index (χ0n) is 16.2. The predicted molar refractivity (Wildman–Crippen MR) is 107 cm³/mol. The van der Waals surface area contributed by atoms with E-state index in [2.05, 4.69) is 10.2 Å². The Morgan fingerprint density at radius 3 is 2.36 bits per heavy atom. The maximum absolute atomic E-state index is 12.5. The number of para-hydroxylation sites is 2. The molecule has 1 fully saturated rings. The number of nitrogens with zero attached hydrogens (tertiary/aromatic N) is 2. The average molecular weight is 383 g/mol. The van der Waals surface area contributed by atoms with Gasteiger partial charge < -0.3 is 24.6 Å². The second-order valence-corrected chi connectivity index (χ2v) is 6.45. The second-order valence-electron chi connectivity index (χ2n) is 6.45. The number of esters is 1. The number of piperazine rings is 1. The summed E-state index contributed by atoms with van der Waals surface area (Å²) in [5.74, 6) is 0.402. The number of ether oxygens (including phenoxy) is 2. The number of carbonyl (C=O) groups excluding carboxylic acids is 2. The van der Waals surface area contributed by atoms with E-state index in [0.29, 0.717) is 38.3 Å². The number of benzene rings is 2. The molecule has 2 amide bonds. The first-order valence-electron chi connectivity index (χ1n) is 9.21. The monoisotopic (exact) mass is 383 g/mol. The van der Waals surface area contributed by atoms with Gasteiger partial charge in [0, 0.05) is 38.3 Å². The molecule has 7 nitrogen and oxygen atoms in total. The molecule has 0 unspecified atom stereocenters. The van der Waals surface area contributed by atoms with Crippen LogP contribution in [0, 0.1) is 0 Å². The molecule has 0 bridgehead atoms. The summed E-state index contributed by atoms with van der Waals surface area (Å²) in [4.78, 5) is 28.4. The summed E-state index contributed by atoms with van der Waals surface area (Å²) in [6.45, 7) is 2.86. The van der Waals surface area contributed by atoms with Crippen molar-refractivity contribution >= 4 is 17.7 Å². The summed E-state index contributed by atoms with van der Waals surface area (Å²) in [7, 11) is 3.00. The van der Waals surface area contributed by atoms with E-state index in [1.807, 2.05) is 42.5 Å². The molecule has 0 aromatic heterocycles. The van der Waals surface area contributed by atoms with Crippen LogP contribution in [0.15, 0.2) is 48.5 Å². The number of hydrogen-bond donors (Lipinski definition) is 1. The van der Waals surface area contributed by atoms with E-state index in [0.717, 1.165) is 17.0 Å². The summed E-state index contributed by atoms with van der Waals surface area (Å²) < 4.78 is 10.2. The second kappa shape index (κ2) is 9.12. The van der Waals surface area contributed by atoms with E-state index >= 15 is 0 Å². The van der Waals surface area contributed by atoms with Gasteiger partial charge in [0.15, 0.2) is 0 Å². The number of rotatable bonds is 5. The normalized spacial score (nSPS) is 13.8. The molecule has 0 aliphatic carbocycles. The van der Waals surface area contributed by atoms with Crippen molar-refractivity contribution in [2.75, 3.05) is 45.3 Å². The Morgan fingerprint density at radius 1 is 0.964 bits per heavy atom. The summed E-state index contributed by atoms with van der Waals surface area (Å²) in [6, 6.07) is 14.9. The standard InChI is InChI=1S/C21H25N3O4/c1-27-19-10-6-3-7-16(19)15-22-21(26)24-13-11-23(12-14-24)18-9-5-4-8-17(18)20(25)28-2/h3-10H,11-15H2,1-2H3,(H,22,26). The summed E-state index contributed by atoms with van der Waals surface area (Å²) >= 11 is 0. The van der Waals surface area contributed by atoms with Crippen molar-refractivity contribution in [1.82, 2.24) is 10.2 Å². The predicted octanol–water partition coefficient (Wildman–Crippen LogP) is 2.51. The van der Waals surface area contributed by atoms with Crippen LogP contribution in [0.2, 0.25) is 0 Å². The SMILES string of the molecule is COC(=O)c1ccccc1N1CCN(C(=O)NCc2ccccc2OC)CC1. The quantitative estimate of drug-likeness (QED) is 0.804. The minimum Gasteiger partial charge on any atom is -0.496 e. The Bertz CT molecular complexity index is 832. The Labute approximate surface area is 164 Å². The number of carbonyl (C=O) groups is 2. The molecule has 1 aliphatic rings. The van der Waals surface area contributed by atoms with Crippen LogP contribution in [-0.4, -0.2) is 57.3 Å². The van der Waals surface area contributed by atoms with Gasteiger partial charge in [0.25, 0.3) is 0 Å². The number of methoxy groups -OCH3 is 2. The largest absolute Gasteiger partial charge is 0.496 e. The molecule has 3 rings (SSSR count). The molecule has 1 saturated heterocycles. The van der Waals surface area contributed by atoms with Crippen LogP contribution >= 0.6 is 0 Å². The fourth-order valence-electron chi connectivity index (χ4n) is 3.31. The summed E-state index contributed by atoms with van der Waals surface area (Å²) in [6.07, 6.45) is 0. The first-order chi connectivity index (χ1) is 13.6. The van der Waals surface area contributed by atoms with Crippen LogP contribution in [0.25, 0.3) is 0 Å². The first-order valence-corrected chi connectivity index (χ1v) is 9.21. The van der Waals surface area contributed by atoms with Crippen LogP contribution < -0.4 is 15.0 Å². The number of nitrogens with one attached hydrogen (secondary N) is 1. The first kappa shape index (κ1) is 19.5. The molecule has 2 aromatic rings. The number of amides is 2. The molecule has 0 radical (unpaired) electrons. The molecule has 1 heterocycles.